The van der Waals surface area contributed by atoms with E-state index in [1.54, 1.807) is 6.26 Å². The Kier molecular flexibility index (Phi) is 4.84. The molecule has 0 aromatic carbocycles. The Balaban J connectivity index is 2.58. The van der Waals surface area contributed by atoms with Crippen LogP contribution in [0.3, 0.4) is 0 Å². The number of hydrogen-bond acceptors (Lipinski definition) is 8. The molecule has 17 heavy (non-hydrogen) atoms. The number of amidine groups is 1. The molecule has 0 aliphatic carbocycles. The smallest absolute Gasteiger partial charge is 0.202 e. The molecular weight excluding hydrogens is 248 g/mol. The summed E-state index contributed by atoms with van der Waals surface area (Å²) in [5, 5.41) is 30.5. The Hall–Kier alpha value is -1.68. The normalized spacial score (nSPS) is 15.5. The monoisotopic (exact) mass is 262 g/mol. The summed E-state index contributed by atoms with van der Waals surface area (Å²) >= 11 is 0. The van der Waals surface area contributed by atoms with Crippen molar-refractivity contribution in [3.63, 3.8) is 0 Å². The number of nitrogens with one attached hydrogen (secondary N) is 2. The Morgan fingerprint density at radius 3 is 3.00 bits per heavy atom. The van der Waals surface area contributed by atoms with Gasteiger partial charge in [-0.3, -0.25) is 4.78 Å². The highest BCUT2D eigenvalue weighted by molar-refractivity contribution is 7.85. The summed E-state index contributed by atoms with van der Waals surface area (Å²) in [7, 11) is -0.598. The van der Waals surface area contributed by atoms with Gasteiger partial charge in [0.05, 0.1) is 6.10 Å². The highest BCUT2D eigenvalue weighted by Gasteiger charge is 2.15. The van der Waals surface area contributed by atoms with Gasteiger partial charge in [0.25, 0.3) is 0 Å². The average Bonchev–Trinajstić information content (AvgIpc) is 2.72. The van der Waals surface area contributed by atoms with Gasteiger partial charge >= 0.3 is 0 Å². The molecule has 1 rings (SSSR count). The molecule has 0 saturated carbocycles. The third-order valence-electron chi connectivity index (χ3n) is 1.79. The lowest BCUT2D eigenvalue weighted by Gasteiger charge is -2.10. The van der Waals surface area contributed by atoms with Crippen LogP contribution >= 0.6 is 0 Å². The van der Waals surface area contributed by atoms with Gasteiger partial charge in [0.1, 0.15) is 0 Å². The molecule has 0 fully saturated rings. The molecule has 9 nitrogen and oxygen atoms in total. The van der Waals surface area contributed by atoms with Crippen LogP contribution < -0.4 is 11.1 Å². The molecule has 0 amide bonds. The standard InChI is InChI=1S/C7H14N6O3S/c1-17(9)3-4(14)2-10-7-5(6(8)11-15)12-16-13-7/h4,9,14-15H,2-3H2,1H3,(H2,8,11)(H,10,13). The zero-order valence-corrected chi connectivity index (χ0v) is 9.94. The zero-order valence-electron chi connectivity index (χ0n) is 9.12. The van der Waals surface area contributed by atoms with Gasteiger partial charge in [0.2, 0.25) is 5.82 Å². The van der Waals surface area contributed by atoms with Crippen LogP contribution in [0.25, 0.3) is 0 Å². The van der Waals surface area contributed by atoms with Gasteiger partial charge in [-0.2, -0.15) is 0 Å². The van der Waals surface area contributed by atoms with E-state index in [2.05, 4.69) is 25.4 Å². The van der Waals surface area contributed by atoms with Gasteiger partial charge in [0, 0.05) is 12.3 Å². The maximum absolute atomic E-state index is 9.54. The first-order valence-electron chi connectivity index (χ1n) is 4.60. The number of rotatable bonds is 6. The first-order valence-corrected chi connectivity index (χ1v) is 6.41. The number of hydrogen-bond donors (Lipinski definition) is 5. The molecule has 96 valence electrons. The van der Waals surface area contributed by atoms with E-state index in [0.29, 0.717) is 5.75 Å². The van der Waals surface area contributed by atoms with Crippen LogP contribution in [0.2, 0.25) is 0 Å². The molecule has 2 atom stereocenters. The summed E-state index contributed by atoms with van der Waals surface area (Å²) in [5.74, 6) is 0.302. The highest BCUT2D eigenvalue weighted by Crippen LogP contribution is 2.08. The van der Waals surface area contributed by atoms with E-state index in [9.17, 15) is 5.11 Å². The van der Waals surface area contributed by atoms with Gasteiger partial charge in [-0.25, -0.2) is 4.63 Å². The van der Waals surface area contributed by atoms with Crippen molar-refractivity contribution in [3.8, 4) is 0 Å². The second kappa shape index (κ2) is 6.15. The van der Waals surface area contributed by atoms with Gasteiger partial charge in [-0.05, 0) is 16.6 Å². The lowest BCUT2D eigenvalue weighted by Crippen LogP contribution is -2.26. The Bertz CT molecular complexity index is 419. The van der Waals surface area contributed by atoms with E-state index in [0.717, 1.165) is 0 Å². The molecule has 10 heteroatoms. The number of aromatic nitrogens is 2. The van der Waals surface area contributed by atoms with E-state index in [-0.39, 0.29) is 23.9 Å². The van der Waals surface area contributed by atoms with Crippen LogP contribution in [0.1, 0.15) is 5.69 Å². The zero-order chi connectivity index (χ0) is 12.8. The van der Waals surface area contributed by atoms with Crippen LogP contribution in [-0.2, 0) is 10.7 Å². The Morgan fingerprint density at radius 1 is 1.71 bits per heavy atom. The van der Waals surface area contributed by atoms with Gasteiger partial charge in [-0.15, -0.1) is 10.7 Å². The molecule has 0 saturated heterocycles. The van der Waals surface area contributed by atoms with Crippen molar-refractivity contribution in [1.29, 1.82) is 4.78 Å². The minimum absolute atomic E-state index is 0.0704. The summed E-state index contributed by atoms with van der Waals surface area (Å²) in [6.07, 6.45) is 1.03. The molecule has 1 aromatic rings. The average molecular weight is 262 g/mol. The molecule has 2 unspecified atom stereocenters. The second-order valence-electron chi connectivity index (χ2n) is 3.29. The van der Waals surface area contributed by atoms with Crippen LogP contribution in [0, 0.1) is 4.78 Å². The predicted octanol–water partition coefficient (Wildman–Crippen LogP) is -1.05. The first kappa shape index (κ1) is 13.4. The number of anilines is 1. The second-order valence-corrected chi connectivity index (χ2v) is 4.89. The molecule has 1 aromatic heterocycles. The number of aliphatic hydroxyl groups excluding tert-OH is 1. The third kappa shape index (κ3) is 4.00. The third-order valence-corrected chi connectivity index (χ3v) is 2.67. The summed E-state index contributed by atoms with van der Waals surface area (Å²) in [4.78, 5) is 0. The molecular formula is C7H14N6O3S. The summed E-state index contributed by atoms with van der Waals surface area (Å²) < 4.78 is 11.8. The predicted molar refractivity (Wildman–Crippen MR) is 62.2 cm³/mol. The quantitative estimate of drug-likeness (QED) is 0.189. The molecule has 0 bridgehead atoms. The van der Waals surface area contributed by atoms with Crippen molar-refractivity contribution >= 4 is 22.3 Å². The van der Waals surface area contributed by atoms with E-state index < -0.39 is 16.8 Å². The number of nitrogens with zero attached hydrogens (tertiary/aromatic N) is 3. The molecule has 0 radical (unpaired) electrons. The summed E-state index contributed by atoms with van der Waals surface area (Å²) in [6.45, 7) is 0.177. The van der Waals surface area contributed by atoms with Gasteiger partial charge in [-0.1, -0.05) is 5.16 Å². The first-order chi connectivity index (χ1) is 8.04. The van der Waals surface area contributed by atoms with Crippen molar-refractivity contribution < 1.29 is 14.9 Å². The SMILES string of the molecule is CS(=N)CC(O)CNc1nonc1/C(N)=N/O. The molecule has 0 aliphatic rings. The van der Waals surface area contributed by atoms with E-state index in [4.69, 9.17) is 15.7 Å². The maximum Gasteiger partial charge on any atom is 0.202 e. The highest BCUT2D eigenvalue weighted by atomic mass is 32.2. The fourth-order valence-electron chi connectivity index (χ4n) is 1.08. The fourth-order valence-corrected chi connectivity index (χ4v) is 1.78. The number of oxime groups is 1. The van der Waals surface area contributed by atoms with Crippen molar-refractivity contribution in [2.75, 3.05) is 23.9 Å². The fraction of sp³-hybridized carbons (Fsp3) is 0.571. The Morgan fingerprint density at radius 2 is 2.41 bits per heavy atom. The molecule has 1 heterocycles. The van der Waals surface area contributed by atoms with Crippen molar-refractivity contribution in [3.05, 3.63) is 5.69 Å². The maximum atomic E-state index is 9.54. The minimum atomic E-state index is -0.683. The molecule has 6 N–H and O–H groups in total. The van der Waals surface area contributed by atoms with Crippen molar-refractivity contribution in [2.24, 2.45) is 10.9 Å². The number of nitrogens with two attached hydrogens (primary N) is 1. The summed E-state index contributed by atoms with van der Waals surface area (Å²) in [6, 6.07) is 0. The van der Waals surface area contributed by atoms with E-state index >= 15 is 0 Å². The van der Waals surface area contributed by atoms with Crippen LogP contribution in [0.4, 0.5) is 5.82 Å². The van der Waals surface area contributed by atoms with Crippen LogP contribution in [0.5, 0.6) is 0 Å². The van der Waals surface area contributed by atoms with Gasteiger partial charge < -0.3 is 21.4 Å². The van der Waals surface area contributed by atoms with Crippen molar-refractivity contribution in [2.45, 2.75) is 6.10 Å². The molecule has 0 spiro atoms. The topological polar surface area (TPSA) is 154 Å². The minimum Gasteiger partial charge on any atom is -0.409 e. The van der Waals surface area contributed by atoms with Gasteiger partial charge in [0.15, 0.2) is 11.5 Å². The van der Waals surface area contributed by atoms with Crippen molar-refractivity contribution in [1.82, 2.24) is 10.3 Å². The number of aliphatic hydroxyl groups is 1. The van der Waals surface area contributed by atoms with Crippen LogP contribution in [-0.4, -0.2) is 51.1 Å². The summed E-state index contributed by atoms with van der Waals surface area (Å²) in [5.41, 5.74) is 5.40. The Labute approximate surface area is 99.5 Å². The lowest BCUT2D eigenvalue weighted by atomic mass is 10.3. The lowest BCUT2D eigenvalue weighted by molar-refractivity contribution is 0.212. The van der Waals surface area contributed by atoms with Crippen LogP contribution in [0.15, 0.2) is 9.78 Å². The van der Waals surface area contributed by atoms with E-state index in [1.807, 2.05) is 0 Å². The van der Waals surface area contributed by atoms with E-state index in [1.165, 1.54) is 0 Å². The molecule has 0 aliphatic heterocycles. The largest absolute Gasteiger partial charge is 0.409 e.